The number of hydrogen-bond donors (Lipinski definition) is 1. The van der Waals surface area contributed by atoms with Crippen LogP contribution in [0.1, 0.15) is 28.2 Å². The standard InChI is InChI=1S/C19H18F3N7OS/c20-19(21,22)17-26-27-18(31-17)23-9-13-8-11-7-12(11)10-28(13)16(30)14-3-1-2-4-15(14)29-24-5-6-25-29/h1-6,11-13H,7-10H2,(H,23,27). The van der Waals surface area contributed by atoms with Crippen molar-refractivity contribution < 1.29 is 18.0 Å². The molecule has 2 aliphatic rings. The summed E-state index contributed by atoms with van der Waals surface area (Å²) in [5, 5.41) is 17.1. The number of benzene rings is 1. The Kier molecular flexibility index (Phi) is 4.88. The number of amides is 1. The minimum Gasteiger partial charge on any atom is -0.358 e. The molecule has 162 valence electrons. The Balaban J connectivity index is 1.35. The lowest BCUT2D eigenvalue weighted by Crippen LogP contribution is -2.48. The Morgan fingerprint density at radius 3 is 2.65 bits per heavy atom. The number of rotatable bonds is 5. The van der Waals surface area contributed by atoms with Crippen molar-refractivity contribution in [3.05, 3.63) is 47.2 Å². The number of carbonyl (C=O) groups is 1. The molecule has 5 rings (SSSR count). The van der Waals surface area contributed by atoms with Crippen molar-refractivity contribution in [1.82, 2.24) is 30.1 Å². The van der Waals surface area contributed by atoms with Crippen LogP contribution in [0.3, 0.4) is 0 Å². The Labute approximate surface area is 179 Å². The van der Waals surface area contributed by atoms with Crippen LogP contribution in [0.2, 0.25) is 0 Å². The summed E-state index contributed by atoms with van der Waals surface area (Å²) in [6.45, 7) is 0.935. The van der Waals surface area contributed by atoms with Gasteiger partial charge in [-0.3, -0.25) is 4.79 Å². The number of nitrogens with zero attached hydrogens (tertiary/aromatic N) is 6. The molecule has 8 nitrogen and oxygen atoms in total. The van der Waals surface area contributed by atoms with Crippen LogP contribution in [0.5, 0.6) is 0 Å². The fraction of sp³-hybridized carbons (Fsp3) is 0.421. The predicted molar refractivity (Wildman–Crippen MR) is 106 cm³/mol. The largest absolute Gasteiger partial charge is 0.445 e. The van der Waals surface area contributed by atoms with Crippen molar-refractivity contribution in [3.8, 4) is 5.69 Å². The summed E-state index contributed by atoms with van der Waals surface area (Å²) in [7, 11) is 0. The van der Waals surface area contributed by atoms with Gasteiger partial charge in [0.25, 0.3) is 5.91 Å². The number of likely N-dealkylation sites (tertiary alicyclic amines) is 1. The minimum atomic E-state index is -4.52. The van der Waals surface area contributed by atoms with Crippen molar-refractivity contribution in [3.63, 3.8) is 0 Å². The highest BCUT2D eigenvalue weighted by Gasteiger charge is 2.47. The monoisotopic (exact) mass is 449 g/mol. The van der Waals surface area contributed by atoms with Crippen molar-refractivity contribution in [1.29, 1.82) is 0 Å². The molecule has 1 amide bonds. The van der Waals surface area contributed by atoms with Crippen LogP contribution in [0, 0.1) is 11.8 Å². The smallest absolute Gasteiger partial charge is 0.358 e. The molecular weight excluding hydrogens is 431 g/mol. The number of halogens is 3. The number of para-hydroxylation sites is 1. The number of fused-ring (bicyclic) bond motifs is 1. The molecule has 0 radical (unpaired) electrons. The summed E-state index contributed by atoms with van der Waals surface area (Å²) >= 11 is 0.465. The molecule has 3 atom stereocenters. The summed E-state index contributed by atoms with van der Waals surface area (Å²) < 4.78 is 38.3. The number of carbonyl (C=O) groups excluding carboxylic acids is 1. The predicted octanol–water partition coefficient (Wildman–Crippen LogP) is 3.10. The third-order valence-corrected chi connectivity index (χ3v) is 6.63. The Hall–Kier alpha value is -3.02. The summed E-state index contributed by atoms with van der Waals surface area (Å²) in [6, 6.07) is 6.97. The maximum Gasteiger partial charge on any atom is 0.445 e. The van der Waals surface area contributed by atoms with Gasteiger partial charge in [-0.2, -0.15) is 28.2 Å². The fourth-order valence-corrected chi connectivity index (χ4v) is 4.70. The van der Waals surface area contributed by atoms with Gasteiger partial charge in [-0.05, 0) is 36.8 Å². The third kappa shape index (κ3) is 3.99. The second-order valence-electron chi connectivity index (χ2n) is 7.73. The Bertz CT molecular complexity index is 1080. The van der Waals surface area contributed by atoms with Crippen LogP contribution in [0.25, 0.3) is 5.69 Å². The van der Waals surface area contributed by atoms with E-state index in [0.29, 0.717) is 47.5 Å². The minimum absolute atomic E-state index is 0.0961. The van der Waals surface area contributed by atoms with Gasteiger partial charge in [0.1, 0.15) is 0 Å². The fourth-order valence-electron chi connectivity index (χ4n) is 4.08. The van der Waals surface area contributed by atoms with E-state index in [1.807, 2.05) is 11.0 Å². The zero-order chi connectivity index (χ0) is 21.6. The molecule has 0 bridgehead atoms. The van der Waals surface area contributed by atoms with Crippen LogP contribution < -0.4 is 5.32 Å². The average molecular weight is 449 g/mol. The third-order valence-electron chi connectivity index (χ3n) is 5.70. The van der Waals surface area contributed by atoms with Gasteiger partial charge in [-0.25, -0.2) is 0 Å². The van der Waals surface area contributed by atoms with Gasteiger partial charge >= 0.3 is 6.18 Å². The topological polar surface area (TPSA) is 88.8 Å². The van der Waals surface area contributed by atoms with Crippen molar-refractivity contribution in [2.24, 2.45) is 11.8 Å². The number of aromatic nitrogens is 5. The van der Waals surface area contributed by atoms with E-state index in [1.54, 1.807) is 30.6 Å². The van der Waals surface area contributed by atoms with E-state index in [1.165, 1.54) is 4.80 Å². The highest BCUT2D eigenvalue weighted by atomic mass is 32.1. The van der Waals surface area contributed by atoms with Crippen LogP contribution in [-0.4, -0.2) is 55.1 Å². The zero-order valence-electron chi connectivity index (χ0n) is 16.2. The quantitative estimate of drug-likeness (QED) is 0.644. The molecule has 3 aromatic rings. The first-order chi connectivity index (χ1) is 14.9. The van der Waals surface area contributed by atoms with E-state index in [2.05, 4.69) is 25.7 Å². The van der Waals surface area contributed by atoms with Gasteiger partial charge in [0, 0.05) is 19.1 Å². The molecular formula is C19H18F3N7OS. The Morgan fingerprint density at radius 2 is 1.90 bits per heavy atom. The van der Waals surface area contributed by atoms with Crippen LogP contribution in [0.15, 0.2) is 36.7 Å². The SMILES string of the molecule is O=C(c1ccccc1-n1nccn1)N1CC2CC2CC1CNc1nnc(C(F)(F)F)s1. The molecule has 12 heteroatoms. The van der Waals surface area contributed by atoms with Gasteiger partial charge < -0.3 is 10.2 Å². The molecule has 1 saturated heterocycles. The Morgan fingerprint density at radius 1 is 1.13 bits per heavy atom. The number of hydrogen-bond acceptors (Lipinski definition) is 7. The molecule has 2 aromatic heterocycles. The van der Waals surface area contributed by atoms with Crippen LogP contribution >= 0.6 is 11.3 Å². The first-order valence-corrected chi connectivity index (χ1v) is 10.6. The molecule has 1 saturated carbocycles. The van der Waals surface area contributed by atoms with Crippen LogP contribution in [0.4, 0.5) is 18.3 Å². The summed E-state index contributed by atoms with van der Waals surface area (Å²) in [5.74, 6) is 0.894. The number of nitrogens with one attached hydrogen (secondary N) is 1. The van der Waals surface area contributed by atoms with Gasteiger partial charge in [0.05, 0.1) is 23.6 Å². The first-order valence-electron chi connectivity index (χ1n) is 9.81. The van der Waals surface area contributed by atoms with Gasteiger partial charge in [0.2, 0.25) is 10.1 Å². The second kappa shape index (κ2) is 7.59. The summed E-state index contributed by atoms with van der Waals surface area (Å²) in [4.78, 5) is 16.7. The van der Waals surface area contributed by atoms with E-state index in [-0.39, 0.29) is 17.1 Å². The van der Waals surface area contributed by atoms with E-state index in [9.17, 15) is 18.0 Å². The van der Waals surface area contributed by atoms with Crippen molar-refractivity contribution in [2.75, 3.05) is 18.4 Å². The number of piperidine rings is 1. The highest BCUT2D eigenvalue weighted by Crippen LogP contribution is 2.47. The van der Waals surface area contributed by atoms with E-state index in [0.717, 1.165) is 12.8 Å². The molecule has 2 fully saturated rings. The normalized spacial score (nSPS) is 22.8. The van der Waals surface area contributed by atoms with E-state index in [4.69, 9.17) is 0 Å². The molecule has 1 aliphatic heterocycles. The lowest BCUT2D eigenvalue weighted by atomic mass is 10.00. The van der Waals surface area contributed by atoms with Crippen molar-refractivity contribution in [2.45, 2.75) is 25.1 Å². The van der Waals surface area contributed by atoms with Gasteiger partial charge in [0.15, 0.2) is 0 Å². The van der Waals surface area contributed by atoms with Gasteiger partial charge in [-0.1, -0.05) is 23.5 Å². The molecule has 31 heavy (non-hydrogen) atoms. The van der Waals surface area contributed by atoms with E-state index >= 15 is 0 Å². The molecule has 1 aliphatic carbocycles. The molecule has 3 unspecified atom stereocenters. The van der Waals surface area contributed by atoms with Gasteiger partial charge in [-0.15, -0.1) is 10.2 Å². The summed E-state index contributed by atoms with van der Waals surface area (Å²) in [6.07, 6.45) is 0.438. The average Bonchev–Trinajstić information content (AvgIpc) is 3.12. The first kappa shape index (κ1) is 19.9. The molecule has 1 aromatic carbocycles. The molecule has 1 N–H and O–H groups in total. The molecule has 0 spiro atoms. The molecule has 3 heterocycles. The zero-order valence-corrected chi connectivity index (χ0v) is 17.0. The number of alkyl halides is 3. The maximum atomic E-state index is 13.5. The van der Waals surface area contributed by atoms with Crippen molar-refractivity contribution >= 4 is 22.4 Å². The lowest BCUT2D eigenvalue weighted by molar-refractivity contribution is -0.138. The van der Waals surface area contributed by atoms with Crippen LogP contribution in [-0.2, 0) is 6.18 Å². The maximum absolute atomic E-state index is 13.5. The second-order valence-corrected chi connectivity index (χ2v) is 8.71. The number of anilines is 1. The summed E-state index contributed by atoms with van der Waals surface area (Å²) in [5.41, 5.74) is 1.07. The lowest BCUT2D eigenvalue weighted by Gasteiger charge is -2.36. The highest BCUT2D eigenvalue weighted by molar-refractivity contribution is 7.15. The van der Waals surface area contributed by atoms with E-state index < -0.39 is 11.2 Å².